The van der Waals surface area contributed by atoms with Crippen molar-refractivity contribution in [2.45, 2.75) is 6.92 Å². The van der Waals surface area contributed by atoms with Crippen molar-refractivity contribution in [3.63, 3.8) is 0 Å². The maximum absolute atomic E-state index is 12.0. The maximum Gasteiger partial charge on any atom is 0.356 e. The van der Waals surface area contributed by atoms with Crippen LogP contribution in [0, 0.1) is 0 Å². The Bertz CT molecular complexity index is 916. The van der Waals surface area contributed by atoms with Crippen LogP contribution in [0.2, 0.25) is 5.02 Å². The Morgan fingerprint density at radius 3 is 2.52 bits per heavy atom. The summed E-state index contributed by atoms with van der Waals surface area (Å²) in [5, 5.41) is 7.59. The molecule has 3 aromatic rings. The van der Waals surface area contributed by atoms with Crippen molar-refractivity contribution in [3.8, 4) is 11.1 Å². The van der Waals surface area contributed by atoms with Crippen LogP contribution in [-0.2, 0) is 4.74 Å². The summed E-state index contributed by atoms with van der Waals surface area (Å²) < 4.78 is 4.75. The molecule has 1 aromatic heterocycles. The number of ketones is 1. The minimum Gasteiger partial charge on any atom is -0.464 e. The van der Waals surface area contributed by atoms with E-state index in [0.717, 1.165) is 5.56 Å². The second kappa shape index (κ2) is 5.85. The molecule has 1 heterocycles. The van der Waals surface area contributed by atoms with Gasteiger partial charge in [-0.15, -0.1) is 0 Å². The van der Waals surface area contributed by atoms with Crippen LogP contribution >= 0.6 is 11.6 Å². The summed E-state index contributed by atoms with van der Waals surface area (Å²) in [6.07, 6.45) is 0. The molecule has 23 heavy (non-hydrogen) atoms. The Balaban J connectivity index is 2.43. The molecule has 0 aliphatic heterocycles. The highest BCUT2D eigenvalue weighted by molar-refractivity contribution is 6.38. The average Bonchev–Trinajstić information content (AvgIpc) is 3.00. The number of methoxy groups -OCH3 is 1. The maximum atomic E-state index is 12.0. The number of fused-ring (bicyclic) bond motifs is 1. The summed E-state index contributed by atoms with van der Waals surface area (Å²) in [5.41, 5.74) is 2.55. The van der Waals surface area contributed by atoms with E-state index in [1.165, 1.54) is 14.0 Å². The topological polar surface area (TPSA) is 72.1 Å². The molecule has 0 saturated heterocycles. The van der Waals surface area contributed by atoms with E-state index in [1.54, 1.807) is 6.07 Å². The fourth-order valence-corrected chi connectivity index (χ4v) is 2.87. The highest BCUT2D eigenvalue weighted by atomic mass is 35.5. The number of Topliss-reactive ketones (excluding diaryl/α,β-unsaturated/α-hetero) is 1. The Morgan fingerprint density at radius 2 is 1.91 bits per heavy atom. The third-order valence-corrected chi connectivity index (χ3v) is 3.91. The minimum absolute atomic E-state index is 0.129. The van der Waals surface area contributed by atoms with Gasteiger partial charge in [0.1, 0.15) is 5.52 Å². The summed E-state index contributed by atoms with van der Waals surface area (Å²) in [6, 6.07) is 10.9. The Morgan fingerprint density at radius 1 is 1.22 bits per heavy atom. The number of benzene rings is 2. The molecule has 3 rings (SSSR count). The van der Waals surface area contributed by atoms with E-state index in [0.29, 0.717) is 22.0 Å². The molecule has 0 bridgehead atoms. The number of halogens is 1. The number of nitrogens with zero attached hydrogens (tertiary/aromatic N) is 1. The van der Waals surface area contributed by atoms with E-state index in [1.807, 2.05) is 30.3 Å². The summed E-state index contributed by atoms with van der Waals surface area (Å²) in [7, 11) is 1.28. The first-order valence-electron chi connectivity index (χ1n) is 6.89. The molecule has 0 atom stereocenters. The van der Waals surface area contributed by atoms with Gasteiger partial charge in [0, 0.05) is 11.1 Å². The Kier molecular flexibility index (Phi) is 3.88. The van der Waals surface area contributed by atoms with E-state index in [-0.39, 0.29) is 16.5 Å². The van der Waals surface area contributed by atoms with Crippen molar-refractivity contribution in [3.05, 3.63) is 52.7 Å². The number of aromatic nitrogens is 2. The number of nitrogens with one attached hydrogen (secondary N) is 1. The van der Waals surface area contributed by atoms with Crippen LogP contribution in [-0.4, -0.2) is 29.1 Å². The zero-order valence-corrected chi connectivity index (χ0v) is 13.3. The van der Waals surface area contributed by atoms with Crippen molar-refractivity contribution in [1.29, 1.82) is 0 Å². The van der Waals surface area contributed by atoms with Crippen LogP contribution in [0.1, 0.15) is 27.8 Å². The van der Waals surface area contributed by atoms with Gasteiger partial charge in [-0.3, -0.25) is 9.89 Å². The lowest BCUT2D eigenvalue weighted by Gasteiger charge is -2.10. The van der Waals surface area contributed by atoms with Gasteiger partial charge >= 0.3 is 5.97 Å². The minimum atomic E-state index is -0.566. The SMILES string of the molecule is COC(=O)c1[nH]nc2c(-c3ccccc3)c(C(C)=O)cc(Cl)c12. The van der Waals surface area contributed by atoms with Gasteiger partial charge in [-0.2, -0.15) is 5.10 Å². The van der Waals surface area contributed by atoms with Crippen molar-refractivity contribution in [2.24, 2.45) is 0 Å². The lowest BCUT2D eigenvalue weighted by atomic mass is 9.94. The van der Waals surface area contributed by atoms with Gasteiger partial charge in [-0.25, -0.2) is 4.79 Å². The highest BCUT2D eigenvalue weighted by Crippen LogP contribution is 2.37. The summed E-state index contributed by atoms with van der Waals surface area (Å²) in [6.45, 7) is 1.47. The zero-order valence-electron chi connectivity index (χ0n) is 12.5. The van der Waals surface area contributed by atoms with Crippen molar-refractivity contribution < 1.29 is 14.3 Å². The van der Waals surface area contributed by atoms with Gasteiger partial charge in [0.05, 0.1) is 17.5 Å². The predicted octanol–water partition coefficient (Wildman–Crippen LogP) is 3.87. The molecule has 1 N–H and O–H groups in total. The number of esters is 1. The summed E-state index contributed by atoms with van der Waals surface area (Å²) in [4.78, 5) is 23.9. The molecular formula is C17H13ClN2O3. The van der Waals surface area contributed by atoms with Crippen LogP contribution in [0.4, 0.5) is 0 Å². The molecule has 116 valence electrons. The molecule has 0 aliphatic rings. The standard InChI is InChI=1S/C17H13ClN2O3/c1-9(21)11-8-12(18)14-15(19-20-16(14)17(22)23-2)13(11)10-6-4-3-5-7-10/h3-8H,1-2H3,(H,19,20). The fourth-order valence-electron chi connectivity index (χ4n) is 2.58. The van der Waals surface area contributed by atoms with Gasteiger partial charge in [0.25, 0.3) is 0 Å². The second-order valence-corrected chi connectivity index (χ2v) is 5.42. The molecule has 0 radical (unpaired) electrons. The van der Waals surface area contributed by atoms with Crippen molar-refractivity contribution in [1.82, 2.24) is 10.2 Å². The monoisotopic (exact) mass is 328 g/mol. The predicted molar refractivity (Wildman–Crippen MR) is 87.9 cm³/mol. The molecular weight excluding hydrogens is 316 g/mol. The zero-order chi connectivity index (χ0) is 16.6. The number of hydrogen-bond donors (Lipinski definition) is 1. The van der Waals surface area contributed by atoms with E-state index in [4.69, 9.17) is 16.3 Å². The van der Waals surface area contributed by atoms with Crippen LogP contribution in [0.3, 0.4) is 0 Å². The first-order chi connectivity index (χ1) is 11.0. The third-order valence-electron chi connectivity index (χ3n) is 3.61. The first kappa shape index (κ1) is 15.2. The van der Waals surface area contributed by atoms with Gasteiger partial charge in [-0.05, 0) is 18.6 Å². The smallest absolute Gasteiger partial charge is 0.356 e. The lowest BCUT2D eigenvalue weighted by Crippen LogP contribution is -2.03. The number of carbonyl (C=O) groups excluding carboxylic acids is 2. The van der Waals surface area contributed by atoms with Gasteiger partial charge < -0.3 is 4.74 Å². The Labute approximate surface area is 137 Å². The number of carbonyl (C=O) groups is 2. The molecule has 5 nitrogen and oxygen atoms in total. The van der Waals surface area contributed by atoms with Crippen LogP contribution in [0.15, 0.2) is 36.4 Å². The molecule has 0 amide bonds. The first-order valence-corrected chi connectivity index (χ1v) is 7.27. The molecule has 0 saturated carbocycles. The van der Waals surface area contributed by atoms with Gasteiger partial charge in [0.15, 0.2) is 11.5 Å². The molecule has 0 aliphatic carbocycles. The normalized spacial score (nSPS) is 10.7. The fraction of sp³-hybridized carbons (Fsp3) is 0.118. The number of hydrogen-bond acceptors (Lipinski definition) is 4. The molecule has 0 unspecified atom stereocenters. The quantitative estimate of drug-likeness (QED) is 0.585. The van der Waals surface area contributed by atoms with E-state index >= 15 is 0 Å². The lowest BCUT2D eigenvalue weighted by molar-refractivity contribution is 0.0596. The number of ether oxygens (including phenoxy) is 1. The molecule has 0 spiro atoms. The number of H-pyrrole nitrogens is 1. The number of rotatable bonds is 3. The van der Waals surface area contributed by atoms with Crippen LogP contribution < -0.4 is 0 Å². The van der Waals surface area contributed by atoms with Gasteiger partial charge in [0.2, 0.25) is 0 Å². The van der Waals surface area contributed by atoms with E-state index in [2.05, 4.69) is 10.2 Å². The molecule has 0 fully saturated rings. The number of aromatic amines is 1. The van der Waals surface area contributed by atoms with Gasteiger partial charge in [-0.1, -0.05) is 41.9 Å². The second-order valence-electron chi connectivity index (χ2n) is 5.02. The highest BCUT2D eigenvalue weighted by Gasteiger charge is 2.23. The van der Waals surface area contributed by atoms with Crippen molar-refractivity contribution in [2.75, 3.05) is 7.11 Å². The summed E-state index contributed by atoms with van der Waals surface area (Å²) in [5.74, 6) is -0.695. The third kappa shape index (κ3) is 2.49. The Hall–Kier alpha value is -2.66. The van der Waals surface area contributed by atoms with Crippen LogP contribution in [0.25, 0.3) is 22.0 Å². The molecule has 6 heteroatoms. The van der Waals surface area contributed by atoms with Crippen LogP contribution in [0.5, 0.6) is 0 Å². The summed E-state index contributed by atoms with van der Waals surface area (Å²) >= 11 is 6.29. The largest absolute Gasteiger partial charge is 0.464 e. The van der Waals surface area contributed by atoms with E-state index < -0.39 is 5.97 Å². The van der Waals surface area contributed by atoms with Crippen molar-refractivity contribution >= 4 is 34.3 Å². The molecule has 2 aromatic carbocycles. The average molecular weight is 329 g/mol. The van der Waals surface area contributed by atoms with E-state index in [9.17, 15) is 9.59 Å².